The Labute approximate surface area is 199 Å². The van der Waals surface area contributed by atoms with Gasteiger partial charge >= 0.3 is 5.97 Å². The van der Waals surface area contributed by atoms with Crippen LogP contribution in [0.1, 0.15) is 48.0 Å². The van der Waals surface area contributed by atoms with Gasteiger partial charge < -0.3 is 19.1 Å². The number of esters is 1. The first-order valence-electron chi connectivity index (χ1n) is 11.0. The second-order valence-corrected chi connectivity index (χ2v) is 8.46. The Hall–Kier alpha value is -3.06. The number of cyclic esters (lactones) is 1. The summed E-state index contributed by atoms with van der Waals surface area (Å²) in [6, 6.07) is 6.28. The fourth-order valence-electron chi connectivity index (χ4n) is 4.91. The van der Waals surface area contributed by atoms with Crippen molar-refractivity contribution in [3.05, 3.63) is 41.7 Å². The predicted molar refractivity (Wildman–Crippen MR) is 130 cm³/mol. The number of fused-ring (bicyclic) bond motifs is 2. The van der Waals surface area contributed by atoms with Gasteiger partial charge in [-0.25, -0.2) is 14.8 Å². The minimum absolute atomic E-state index is 0. The number of halogens is 1. The van der Waals surface area contributed by atoms with Crippen molar-refractivity contribution in [2.45, 2.75) is 44.8 Å². The Morgan fingerprint density at radius 1 is 0.970 bits per heavy atom. The van der Waals surface area contributed by atoms with E-state index in [9.17, 15) is 4.79 Å². The van der Waals surface area contributed by atoms with Gasteiger partial charge in [0, 0.05) is 42.2 Å². The number of carbonyl (C=O) groups is 1. The van der Waals surface area contributed by atoms with E-state index in [1.54, 1.807) is 26.6 Å². The molecule has 1 saturated carbocycles. The molecule has 1 fully saturated rings. The summed E-state index contributed by atoms with van der Waals surface area (Å²) >= 11 is 0. The summed E-state index contributed by atoms with van der Waals surface area (Å²) in [6.45, 7) is 0.259. The first-order valence-corrected chi connectivity index (χ1v) is 11.0. The van der Waals surface area contributed by atoms with E-state index in [1.807, 2.05) is 18.2 Å². The lowest BCUT2D eigenvalue weighted by Gasteiger charge is -2.31. The van der Waals surface area contributed by atoms with Gasteiger partial charge in [-0.3, -0.25) is 0 Å². The Balaban J connectivity index is 0.00000259. The molecule has 1 aliphatic heterocycles. The van der Waals surface area contributed by atoms with E-state index in [0.717, 1.165) is 27.5 Å². The van der Waals surface area contributed by atoms with Crippen molar-refractivity contribution in [3.8, 4) is 22.6 Å². The summed E-state index contributed by atoms with van der Waals surface area (Å²) in [5.74, 6) is 1.62. The van der Waals surface area contributed by atoms with Crippen LogP contribution in [-0.2, 0) is 11.3 Å². The van der Waals surface area contributed by atoms with Crippen LogP contribution in [0.5, 0.6) is 11.5 Å². The average Bonchev–Trinajstić information content (AvgIpc) is 3.21. The first-order chi connectivity index (χ1) is 15.6. The van der Waals surface area contributed by atoms with Gasteiger partial charge in [-0.15, -0.1) is 12.4 Å². The molecule has 7 nitrogen and oxygen atoms in total. The molecule has 0 amide bonds. The molecule has 2 aromatic carbocycles. The fraction of sp³-hybridized carbons (Fsp3) is 0.400. The standard InChI is InChI=1S/C25H27N3O4.ClH/c1-28(18-7-5-4-6-8-18)25-26-12-17(13-27-25)22-19-11-21(31-3)20(30-2)10-15(19)9-16-14-32-24(29)23(16)22;/h9-13,18H,4-8,14H2,1-3H3;1H. The lowest BCUT2D eigenvalue weighted by Crippen LogP contribution is -2.34. The van der Waals surface area contributed by atoms with Crippen LogP contribution < -0.4 is 14.4 Å². The van der Waals surface area contributed by atoms with Gasteiger partial charge in [-0.2, -0.15) is 0 Å². The minimum Gasteiger partial charge on any atom is -0.493 e. The first kappa shape index (κ1) is 23.1. The second kappa shape index (κ2) is 9.43. The Morgan fingerprint density at radius 2 is 1.64 bits per heavy atom. The smallest absolute Gasteiger partial charge is 0.339 e. The molecule has 0 radical (unpaired) electrons. The highest BCUT2D eigenvalue weighted by Crippen LogP contribution is 2.42. The van der Waals surface area contributed by atoms with Crippen molar-refractivity contribution in [1.29, 1.82) is 0 Å². The van der Waals surface area contributed by atoms with Crippen LogP contribution in [0.3, 0.4) is 0 Å². The van der Waals surface area contributed by atoms with Crippen molar-refractivity contribution in [3.63, 3.8) is 0 Å². The van der Waals surface area contributed by atoms with E-state index in [2.05, 4.69) is 21.9 Å². The maximum Gasteiger partial charge on any atom is 0.339 e. The van der Waals surface area contributed by atoms with Gasteiger partial charge in [0.25, 0.3) is 0 Å². The molecule has 0 spiro atoms. The highest BCUT2D eigenvalue weighted by molar-refractivity contribution is 6.11. The lowest BCUT2D eigenvalue weighted by molar-refractivity contribution is 0.0535. The largest absolute Gasteiger partial charge is 0.493 e. The summed E-state index contributed by atoms with van der Waals surface area (Å²) in [4.78, 5) is 24.2. The molecule has 5 rings (SSSR count). The van der Waals surface area contributed by atoms with Gasteiger partial charge in [0.1, 0.15) is 6.61 Å². The Morgan fingerprint density at radius 3 is 2.30 bits per heavy atom. The lowest BCUT2D eigenvalue weighted by atomic mass is 9.91. The molecule has 33 heavy (non-hydrogen) atoms. The van der Waals surface area contributed by atoms with Crippen molar-refractivity contribution in [1.82, 2.24) is 9.97 Å². The van der Waals surface area contributed by atoms with Gasteiger partial charge in [0.05, 0.1) is 19.8 Å². The number of benzene rings is 2. The molecule has 1 aromatic heterocycles. The molecule has 0 unspecified atom stereocenters. The van der Waals surface area contributed by atoms with E-state index >= 15 is 0 Å². The molecule has 2 heterocycles. The second-order valence-electron chi connectivity index (χ2n) is 8.46. The number of anilines is 1. The van der Waals surface area contributed by atoms with Gasteiger partial charge in [-0.1, -0.05) is 19.3 Å². The summed E-state index contributed by atoms with van der Waals surface area (Å²) in [5, 5.41) is 1.82. The Bertz CT molecular complexity index is 1180. The van der Waals surface area contributed by atoms with Crippen LogP contribution in [0.15, 0.2) is 30.6 Å². The number of ether oxygens (including phenoxy) is 3. The number of rotatable bonds is 5. The maximum absolute atomic E-state index is 12.6. The van der Waals surface area contributed by atoms with E-state index in [-0.39, 0.29) is 25.0 Å². The quantitative estimate of drug-likeness (QED) is 0.477. The number of nitrogens with zero attached hydrogens (tertiary/aromatic N) is 3. The zero-order chi connectivity index (χ0) is 22.2. The van der Waals surface area contributed by atoms with E-state index in [4.69, 9.17) is 14.2 Å². The molecular weight excluding hydrogens is 442 g/mol. The predicted octanol–water partition coefficient (Wildman–Crippen LogP) is 5.18. The number of hydrogen-bond acceptors (Lipinski definition) is 7. The number of aromatic nitrogens is 2. The number of carbonyl (C=O) groups excluding carboxylic acids is 1. The molecule has 2 aliphatic rings. The SMILES string of the molecule is COc1cc2cc3c(c(-c4cnc(N(C)C5CCCCC5)nc4)c2cc1OC)C(=O)OC3.Cl. The normalized spacial score (nSPS) is 15.5. The van der Waals surface area contributed by atoms with Crippen LogP contribution >= 0.6 is 12.4 Å². The summed E-state index contributed by atoms with van der Waals surface area (Å²) in [5.41, 5.74) is 2.97. The zero-order valence-electron chi connectivity index (χ0n) is 19.1. The molecule has 0 atom stereocenters. The monoisotopic (exact) mass is 469 g/mol. The van der Waals surface area contributed by atoms with Crippen LogP contribution in [0, 0.1) is 0 Å². The highest BCUT2D eigenvalue weighted by Gasteiger charge is 2.29. The van der Waals surface area contributed by atoms with Gasteiger partial charge in [0.2, 0.25) is 5.95 Å². The third kappa shape index (κ3) is 4.06. The molecule has 8 heteroatoms. The number of methoxy groups -OCH3 is 2. The highest BCUT2D eigenvalue weighted by atomic mass is 35.5. The molecule has 1 aliphatic carbocycles. The van der Waals surface area contributed by atoms with Crippen molar-refractivity contribution >= 4 is 35.1 Å². The van der Waals surface area contributed by atoms with Crippen molar-refractivity contribution in [2.75, 3.05) is 26.2 Å². The van der Waals surface area contributed by atoms with Crippen LogP contribution in [0.25, 0.3) is 21.9 Å². The third-order valence-corrected chi connectivity index (χ3v) is 6.65. The van der Waals surface area contributed by atoms with Crippen LogP contribution in [0.4, 0.5) is 5.95 Å². The zero-order valence-corrected chi connectivity index (χ0v) is 19.9. The van der Waals surface area contributed by atoms with Crippen LogP contribution in [0.2, 0.25) is 0 Å². The molecule has 0 N–H and O–H groups in total. The van der Waals surface area contributed by atoms with Gasteiger partial charge in [0.15, 0.2) is 11.5 Å². The molecular formula is C25H28ClN3O4. The molecule has 174 valence electrons. The number of hydrogen-bond donors (Lipinski definition) is 0. The maximum atomic E-state index is 12.6. The van der Waals surface area contributed by atoms with Crippen molar-refractivity contribution < 1.29 is 19.0 Å². The Kier molecular flexibility index (Phi) is 6.61. The third-order valence-electron chi connectivity index (χ3n) is 6.65. The van der Waals surface area contributed by atoms with Crippen molar-refractivity contribution in [2.24, 2.45) is 0 Å². The van der Waals surface area contributed by atoms with E-state index < -0.39 is 0 Å². The molecule has 0 bridgehead atoms. The van der Waals surface area contributed by atoms with Crippen LogP contribution in [-0.4, -0.2) is 43.2 Å². The van der Waals surface area contributed by atoms with E-state index in [1.165, 1.54) is 32.1 Å². The summed E-state index contributed by atoms with van der Waals surface area (Å²) in [7, 11) is 5.28. The van der Waals surface area contributed by atoms with E-state index in [0.29, 0.717) is 29.1 Å². The minimum atomic E-state index is -0.324. The molecule has 3 aromatic rings. The topological polar surface area (TPSA) is 73.8 Å². The molecule has 0 saturated heterocycles. The summed E-state index contributed by atoms with van der Waals surface area (Å²) in [6.07, 6.45) is 9.77. The summed E-state index contributed by atoms with van der Waals surface area (Å²) < 4.78 is 16.4. The fourth-order valence-corrected chi connectivity index (χ4v) is 4.91. The average molecular weight is 470 g/mol. The van der Waals surface area contributed by atoms with Gasteiger partial charge in [-0.05, 0) is 41.8 Å².